The van der Waals surface area contributed by atoms with E-state index in [1.165, 1.54) is 38.5 Å². The van der Waals surface area contributed by atoms with E-state index in [1.807, 2.05) is 43.1 Å². The standard InChI is InChI=1S/C28H42N4O4/c1-6-32-18-25(29-30-32)19-36-26(28(4,5)27(34)35)23-14-13-20(2)24(15-23)17-31(21(3)33)16-22-11-9-7-8-10-12-22/h13-15,18,22,26H,6-12,16-17,19H2,1-5H3,(H,34,35). The molecule has 198 valence electrons. The number of hydrogen-bond acceptors (Lipinski definition) is 5. The second-order valence-electron chi connectivity index (χ2n) is 10.7. The summed E-state index contributed by atoms with van der Waals surface area (Å²) in [6.07, 6.45) is 8.50. The van der Waals surface area contributed by atoms with Gasteiger partial charge in [0.1, 0.15) is 5.69 Å². The lowest BCUT2D eigenvalue weighted by atomic mass is 9.81. The second-order valence-corrected chi connectivity index (χ2v) is 10.7. The summed E-state index contributed by atoms with van der Waals surface area (Å²) in [5, 5.41) is 18.2. The van der Waals surface area contributed by atoms with Crippen molar-refractivity contribution in [3.05, 3.63) is 46.8 Å². The quantitative estimate of drug-likeness (QED) is 0.423. The Kier molecular flexibility index (Phi) is 9.65. The normalized spacial score (nSPS) is 15.9. The maximum atomic E-state index is 12.6. The van der Waals surface area contributed by atoms with Gasteiger partial charge in [-0.1, -0.05) is 49.1 Å². The minimum absolute atomic E-state index is 0.0710. The fraction of sp³-hybridized carbons (Fsp3) is 0.643. The van der Waals surface area contributed by atoms with Gasteiger partial charge in [0.05, 0.1) is 24.3 Å². The average molecular weight is 499 g/mol. The Labute approximate surface area is 215 Å². The van der Waals surface area contributed by atoms with Crippen LogP contribution in [0.25, 0.3) is 0 Å². The maximum absolute atomic E-state index is 12.6. The molecule has 1 unspecified atom stereocenters. The number of amides is 1. The summed E-state index contributed by atoms with van der Waals surface area (Å²) in [7, 11) is 0. The van der Waals surface area contributed by atoms with E-state index in [9.17, 15) is 14.7 Å². The zero-order chi connectivity index (χ0) is 26.3. The first-order valence-corrected chi connectivity index (χ1v) is 13.2. The molecule has 1 aliphatic rings. The molecule has 1 aromatic carbocycles. The van der Waals surface area contributed by atoms with Crippen molar-refractivity contribution in [2.24, 2.45) is 11.3 Å². The van der Waals surface area contributed by atoms with E-state index in [-0.39, 0.29) is 12.5 Å². The molecule has 36 heavy (non-hydrogen) atoms. The maximum Gasteiger partial charge on any atom is 0.312 e. The van der Waals surface area contributed by atoms with Crippen LogP contribution < -0.4 is 0 Å². The molecule has 1 amide bonds. The van der Waals surface area contributed by atoms with Gasteiger partial charge in [-0.15, -0.1) is 5.10 Å². The molecular formula is C28H42N4O4. The Bertz CT molecular complexity index is 1020. The monoisotopic (exact) mass is 498 g/mol. The van der Waals surface area contributed by atoms with Crippen molar-refractivity contribution in [3.63, 3.8) is 0 Å². The fourth-order valence-electron chi connectivity index (χ4n) is 4.95. The lowest BCUT2D eigenvalue weighted by Gasteiger charge is -2.32. The highest BCUT2D eigenvalue weighted by atomic mass is 16.5. The average Bonchev–Trinajstić information content (AvgIpc) is 3.14. The molecule has 2 aromatic rings. The van der Waals surface area contributed by atoms with Crippen LogP contribution in [0.1, 0.15) is 94.7 Å². The number of aryl methyl sites for hydroxylation is 2. The van der Waals surface area contributed by atoms with Crippen LogP contribution in [0.5, 0.6) is 0 Å². The zero-order valence-corrected chi connectivity index (χ0v) is 22.5. The Hall–Kier alpha value is -2.74. The van der Waals surface area contributed by atoms with E-state index in [0.717, 1.165) is 23.2 Å². The summed E-state index contributed by atoms with van der Waals surface area (Å²) in [4.78, 5) is 26.7. The minimum atomic E-state index is -1.17. The number of aliphatic carboxylic acids is 1. The lowest BCUT2D eigenvalue weighted by Crippen LogP contribution is -2.34. The van der Waals surface area contributed by atoms with Crippen LogP contribution in [0.15, 0.2) is 24.4 Å². The van der Waals surface area contributed by atoms with Gasteiger partial charge in [0.25, 0.3) is 0 Å². The predicted octanol–water partition coefficient (Wildman–Crippen LogP) is 5.29. The first-order chi connectivity index (χ1) is 17.1. The molecule has 1 aromatic heterocycles. The Morgan fingerprint density at radius 1 is 1.22 bits per heavy atom. The largest absolute Gasteiger partial charge is 0.481 e. The number of carboxylic acids is 1. The van der Waals surface area contributed by atoms with E-state index in [1.54, 1.807) is 25.5 Å². The summed E-state index contributed by atoms with van der Waals surface area (Å²) in [5.74, 6) is -0.328. The highest BCUT2D eigenvalue weighted by Gasteiger charge is 2.39. The number of aromatic nitrogens is 3. The summed E-state index contributed by atoms with van der Waals surface area (Å²) >= 11 is 0. The number of hydrogen-bond donors (Lipinski definition) is 1. The van der Waals surface area contributed by atoms with E-state index >= 15 is 0 Å². The molecule has 1 atom stereocenters. The molecular weight excluding hydrogens is 456 g/mol. The summed E-state index contributed by atoms with van der Waals surface area (Å²) in [6, 6.07) is 5.94. The van der Waals surface area contributed by atoms with Crippen molar-refractivity contribution in [3.8, 4) is 0 Å². The van der Waals surface area contributed by atoms with Crippen molar-refractivity contribution in [2.45, 2.75) is 98.9 Å². The molecule has 0 spiro atoms. The van der Waals surface area contributed by atoms with Crippen molar-refractivity contribution in [2.75, 3.05) is 6.54 Å². The van der Waals surface area contributed by atoms with Crippen LogP contribution in [0.2, 0.25) is 0 Å². The van der Waals surface area contributed by atoms with Crippen molar-refractivity contribution >= 4 is 11.9 Å². The number of benzene rings is 1. The summed E-state index contributed by atoms with van der Waals surface area (Å²) in [6.45, 7) is 11.1. The Morgan fingerprint density at radius 2 is 1.92 bits per heavy atom. The molecule has 8 nitrogen and oxygen atoms in total. The van der Waals surface area contributed by atoms with Crippen LogP contribution in [-0.4, -0.2) is 43.4 Å². The highest BCUT2D eigenvalue weighted by Crippen LogP contribution is 2.38. The molecule has 3 rings (SSSR count). The number of nitrogens with zero attached hydrogens (tertiary/aromatic N) is 4. The van der Waals surface area contributed by atoms with Crippen LogP contribution in [0.4, 0.5) is 0 Å². The molecule has 0 aliphatic heterocycles. The topological polar surface area (TPSA) is 97.5 Å². The van der Waals surface area contributed by atoms with Gasteiger partial charge < -0.3 is 14.7 Å². The van der Waals surface area contributed by atoms with Gasteiger partial charge in [0, 0.05) is 26.6 Å². The molecule has 1 heterocycles. The zero-order valence-electron chi connectivity index (χ0n) is 22.5. The van der Waals surface area contributed by atoms with E-state index < -0.39 is 17.5 Å². The van der Waals surface area contributed by atoms with Crippen LogP contribution in [0.3, 0.4) is 0 Å². The highest BCUT2D eigenvalue weighted by molar-refractivity contribution is 5.75. The third-order valence-corrected chi connectivity index (χ3v) is 7.45. The second kappa shape index (κ2) is 12.5. The van der Waals surface area contributed by atoms with Gasteiger partial charge in [-0.3, -0.25) is 14.3 Å². The smallest absolute Gasteiger partial charge is 0.312 e. The van der Waals surface area contributed by atoms with Gasteiger partial charge >= 0.3 is 5.97 Å². The van der Waals surface area contributed by atoms with Crippen molar-refractivity contribution < 1.29 is 19.4 Å². The number of carbonyl (C=O) groups is 2. The molecule has 0 radical (unpaired) electrons. The van der Waals surface area contributed by atoms with Gasteiger partial charge in [0.2, 0.25) is 5.91 Å². The van der Waals surface area contributed by atoms with Gasteiger partial charge in [0.15, 0.2) is 0 Å². The van der Waals surface area contributed by atoms with Gasteiger partial charge in [-0.25, -0.2) is 0 Å². The number of rotatable bonds is 11. The summed E-state index contributed by atoms with van der Waals surface area (Å²) in [5.41, 5.74) is 2.35. The van der Waals surface area contributed by atoms with E-state index in [0.29, 0.717) is 24.7 Å². The SMILES string of the molecule is CCn1cc(COC(c2ccc(C)c(CN(CC3CCCCCC3)C(C)=O)c2)C(C)(C)C(=O)O)nn1. The summed E-state index contributed by atoms with van der Waals surface area (Å²) < 4.78 is 7.92. The fourth-order valence-corrected chi connectivity index (χ4v) is 4.95. The minimum Gasteiger partial charge on any atom is -0.481 e. The number of carbonyl (C=O) groups excluding carboxylic acids is 1. The number of ether oxygens (including phenoxy) is 1. The third kappa shape index (κ3) is 7.15. The number of carboxylic acid groups (broad SMARTS) is 1. The van der Waals surface area contributed by atoms with Crippen molar-refractivity contribution in [1.82, 2.24) is 19.9 Å². The van der Waals surface area contributed by atoms with E-state index in [2.05, 4.69) is 10.3 Å². The van der Waals surface area contributed by atoms with Crippen LogP contribution in [0, 0.1) is 18.3 Å². The first kappa shape index (κ1) is 27.8. The van der Waals surface area contributed by atoms with E-state index in [4.69, 9.17) is 4.74 Å². The molecule has 1 saturated carbocycles. The Balaban J connectivity index is 1.84. The molecule has 0 saturated heterocycles. The van der Waals surface area contributed by atoms with Crippen molar-refractivity contribution in [1.29, 1.82) is 0 Å². The molecule has 1 N–H and O–H groups in total. The van der Waals surface area contributed by atoms with Gasteiger partial charge in [-0.05, 0) is 63.1 Å². The van der Waals surface area contributed by atoms with Gasteiger partial charge in [-0.2, -0.15) is 0 Å². The lowest BCUT2D eigenvalue weighted by molar-refractivity contribution is -0.158. The van der Waals surface area contributed by atoms with Crippen LogP contribution >= 0.6 is 0 Å². The first-order valence-electron chi connectivity index (χ1n) is 13.2. The molecule has 0 bridgehead atoms. The molecule has 1 fully saturated rings. The predicted molar refractivity (Wildman–Crippen MR) is 138 cm³/mol. The molecule has 1 aliphatic carbocycles. The molecule has 8 heteroatoms. The Morgan fingerprint density at radius 3 is 2.50 bits per heavy atom. The van der Waals surface area contributed by atoms with Crippen LogP contribution in [-0.2, 0) is 34.0 Å². The third-order valence-electron chi connectivity index (χ3n) is 7.45.